The average Bonchev–Trinajstić information content (AvgIpc) is 3.49. The van der Waals surface area contributed by atoms with Gasteiger partial charge in [0.1, 0.15) is 6.04 Å². The van der Waals surface area contributed by atoms with Crippen LogP contribution in [0.4, 0.5) is 5.69 Å². The zero-order valence-electron chi connectivity index (χ0n) is 15.3. The number of carbonyl (C=O) groups is 1. The molecule has 1 fully saturated rings. The lowest BCUT2D eigenvalue weighted by Gasteiger charge is -2.29. The van der Waals surface area contributed by atoms with Gasteiger partial charge in [-0.2, -0.15) is 0 Å². The first kappa shape index (κ1) is 16.1. The van der Waals surface area contributed by atoms with Crippen LogP contribution in [0.15, 0.2) is 84.9 Å². The summed E-state index contributed by atoms with van der Waals surface area (Å²) in [6, 6.07) is 29.2. The summed E-state index contributed by atoms with van der Waals surface area (Å²) in [5, 5.41) is 0. The average molecular weight is 354 g/mol. The largest absolute Gasteiger partial charge is 0.347 e. The molecule has 0 N–H and O–H groups in total. The maximum atomic E-state index is 13.5. The number of anilines is 1. The second kappa shape index (κ2) is 6.27. The van der Waals surface area contributed by atoms with Gasteiger partial charge in [0.2, 0.25) is 5.91 Å². The van der Waals surface area contributed by atoms with Gasteiger partial charge in [0.15, 0.2) is 0 Å². The third kappa shape index (κ3) is 2.62. The van der Waals surface area contributed by atoms with Gasteiger partial charge in [-0.05, 0) is 29.7 Å². The third-order valence-corrected chi connectivity index (χ3v) is 5.85. The molecule has 3 atom stereocenters. The van der Waals surface area contributed by atoms with Gasteiger partial charge in [-0.25, -0.2) is 0 Å². The number of nitrogens with zero attached hydrogens (tertiary/aromatic N) is 2. The third-order valence-electron chi connectivity index (χ3n) is 5.85. The summed E-state index contributed by atoms with van der Waals surface area (Å²) in [5.74, 6) is 0.219. The van der Waals surface area contributed by atoms with Crippen LogP contribution in [0.1, 0.15) is 35.7 Å². The molecule has 0 aromatic heterocycles. The molecule has 3 aromatic rings. The van der Waals surface area contributed by atoms with E-state index in [4.69, 9.17) is 0 Å². The molecule has 0 saturated carbocycles. The van der Waals surface area contributed by atoms with Gasteiger partial charge in [0, 0.05) is 12.2 Å². The van der Waals surface area contributed by atoms with Crippen molar-refractivity contribution >= 4 is 11.6 Å². The normalized spacial score (nSPS) is 21.9. The molecule has 0 spiro atoms. The Morgan fingerprint density at radius 3 is 2.19 bits per heavy atom. The summed E-state index contributed by atoms with van der Waals surface area (Å²) in [5.41, 5.74) is 4.79. The quantitative estimate of drug-likeness (QED) is 0.635. The van der Waals surface area contributed by atoms with Gasteiger partial charge < -0.3 is 9.80 Å². The van der Waals surface area contributed by atoms with Gasteiger partial charge >= 0.3 is 0 Å². The lowest BCUT2D eigenvalue weighted by molar-refractivity contribution is -0.133. The molecule has 2 aliphatic rings. The summed E-state index contributed by atoms with van der Waals surface area (Å²) in [6.45, 7) is 2.78. The van der Waals surface area contributed by atoms with Gasteiger partial charge in [0.05, 0.1) is 12.1 Å². The highest BCUT2D eigenvalue weighted by Gasteiger charge is 2.57. The minimum absolute atomic E-state index is 0.0451. The fourth-order valence-corrected chi connectivity index (χ4v) is 4.35. The van der Waals surface area contributed by atoms with E-state index in [9.17, 15) is 4.79 Å². The van der Waals surface area contributed by atoms with Crippen LogP contribution < -0.4 is 4.90 Å². The Bertz CT molecular complexity index is 970. The molecule has 1 amide bonds. The molecular formula is C24H22N2O. The van der Waals surface area contributed by atoms with E-state index in [2.05, 4.69) is 72.5 Å². The van der Waals surface area contributed by atoms with E-state index in [1.165, 1.54) is 22.4 Å². The molecule has 0 aliphatic carbocycles. The minimum atomic E-state index is -0.109. The smallest absolute Gasteiger partial charge is 0.248 e. The van der Waals surface area contributed by atoms with Crippen molar-refractivity contribution in [3.63, 3.8) is 0 Å². The second-order valence-electron chi connectivity index (χ2n) is 7.39. The van der Waals surface area contributed by atoms with Crippen LogP contribution in [0.2, 0.25) is 0 Å². The van der Waals surface area contributed by atoms with E-state index in [1.54, 1.807) is 0 Å². The van der Waals surface area contributed by atoms with E-state index in [1.807, 2.05) is 29.2 Å². The lowest BCUT2D eigenvalue weighted by Crippen LogP contribution is -2.36. The van der Waals surface area contributed by atoms with Crippen molar-refractivity contribution in [1.29, 1.82) is 0 Å². The topological polar surface area (TPSA) is 23.3 Å². The van der Waals surface area contributed by atoms with E-state index in [0.717, 1.165) is 0 Å². The molecule has 0 radical (unpaired) electrons. The zero-order chi connectivity index (χ0) is 18.4. The molecule has 0 unspecified atom stereocenters. The molecule has 27 heavy (non-hydrogen) atoms. The van der Waals surface area contributed by atoms with Gasteiger partial charge in [-0.15, -0.1) is 0 Å². The van der Waals surface area contributed by atoms with Crippen LogP contribution >= 0.6 is 0 Å². The molecule has 5 rings (SSSR count). The summed E-state index contributed by atoms with van der Waals surface area (Å²) in [4.78, 5) is 17.9. The summed E-state index contributed by atoms with van der Waals surface area (Å²) >= 11 is 0. The fourth-order valence-electron chi connectivity index (χ4n) is 4.35. The van der Waals surface area contributed by atoms with Crippen LogP contribution in [0.5, 0.6) is 0 Å². The number of fused-ring (bicyclic) bond motifs is 3. The lowest BCUT2D eigenvalue weighted by atomic mass is 10.0. The van der Waals surface area contributed by atoms with Gasteiger partial charge in [0.25, 0.3) is 0 Å². The molecule has 0 bridgehead atoms. The van der Waals surface area contributed by atoms with Crippen LogP contribution in [-0.2, 0) is 11.3 Å². The number of hydrogen-bond donors (Lipinski definition) is 0. The van der Waals surface area contributed by atoms with Crippen LogP contribution in [0, 0.1) is 0 Å². The van der Waals surface area contributed by atoms with Crippen molar-refractivity contribution in [1.82, 2.24) is 4.90 Å². The Morgan fingerprint density at radius 1 is 0.815 bits per heavy atom. The highest BCUT2D eigenvalue weighted by molar-refractivity contribution is 5.95. The van der Waals surface area contributed by atoms with Crippen molar-refractivity contribution in [3.8, 4) is 0 Å². The van der Waals surface area contributed by atoms with Gasteiger partial charge in [-0.1, -0.05) is 78.9 Å². The van der Waals surface area contributed by atoms with E-state index >= 15 is 0 Å². The van der Waals surface area contributed by atoms with Crippen LogP contribution in [0.25, 0.3) is 0 Å². The predicted octanol–water partition coefficient (Wildman–Crippen LogP) is 4.72. The molecule has 2 aliphatic heterocycles. The minimum Gasteiger partial charge on any atom is -0.347 e. The van der Waals surface area contributed by atoms with Gasteiger partial charge in [-0.3, -0.25) is 4.79 Å². The molecule has 134 valence electrons. The Hall–Kier alpha value is -3.07. The molecular weight excluding hydrogens is 332 g/mol. The van der Waals surface area contributed by atoms with Crippen LogP contribution in [0.3, 0.4) is 0 Å². The first-order valence-corrected chi connectivity index (χ1v) is 9.52. The second-order valence-corrected chi connectivity index (χ2v) is 7.39. The number of carbonyl (C=O) groups excluding carboxylic acids is 1. The number of benzene rings is 3. The maximum Gasteiger partial charge on any atom is 0.248 e. The van der Waals surface area contributed by atoms with Crippen LogP contribution in [-0.4, -0.2) is 16.8 Å². The Kier molecular flexibility index (Phi) is 3.75. The van der Waals surface area contributed by atoms with Crippen molar-refractivity contribution < 1.29 is 4.79 Å². The summed E-state index contributed by atoms with van der Waals surface area (Å²) in [7, 11) is 0. The Labute approximate surface area is 159 Å². The first-order valence-electron chi connectivity index (χ1n) is 9.52. The molecule has 3 aromatic carbocycles. The number of para-hydroxylation sites is 1. The number of hydrogen-bond acceptors (Lipinski definition) is 2. The first-order chi connectivity index (χ1) is 13.3. The zero-order valence-corrected chi connectivity index (χ0v) is 15.3. The molecule has 3 nitrogen and oxygen atoms in total. The maximum absolute atomic E-state index is 13.5. The highest BCUT2D eigenvalue weighted by atomic mass is 16.2. The SMILES string of the molecule is C[C@@H](c1ccccc1)N1Cc2ccccc2N2[C@H](c3ccccc3)[C@@H]2C1=O. The Morgan fingerprint density at radius 2 is 1.44 bits per heavy atom. The molecule has 3 heteroatoms. The molecule has 2 heterocycles. The van der Waals surface area contributed by atoms with E-state index < -0.39 is 0 Å². The standard InChI is InChI=1S/C24H22N2O/c1-17(18-10-4-2-5-11-18)25-16-20-14-8-9-15-21(20)26-22(23(26)24(25)27)19-12-6-3-7-13-19/h2-15,17,22-23H,16H2,1H3/t17-,22+,23+,26?/m0/s1. The van der Waals surface area contributed by atoms with E-state index in [0.29, 0.717) is 6.54 Å². The summed E-state index contributed by atoms with van der Waals surface area (Å²) < 4.78 is 0. The number of rotatable bonds is 3. The van der Waals surface area contributed by atoms with Crippen molar-refractivity contribution in [2.75, 3.05) is 4.90 Å². The Balaban J connectivity index is 1.56. The fraction of sp³-hybridized carbons (Fsp3) is 0.208. The monoisotopic (exact) mass is 354 g/mol. The van der Waals surface area contributed by atoms with E-state index in [-0.39, 0.29) is 24.0 Å². The highest BCUT2D eigenvalue weighted by Crippen LogP contribution is 2.51. The summed E-state index contributed by atoms with van der Waals surface area (Å²) in [6.07, 6.45) is 0. The van der Waals surface area contributed by atoms with Crippen molar-refractivity contribution in [3.05, 3.63) is 102 Å². The predicted molar refractivity (Wildman–Crippen MR) is 107 cm³/mol. The number of amides is 1. The molecule has 1 saturated heterocycles. The van der Waals surface area contributed by atoms with Crippen molar-refractivity contribution in [2.45, 2.75) is 31.6 Å². The van der Waals surface area contributed by atoms with Crippen molar-refractivity contribution in [2.24, 2.45) is 0 Å².